The lowest BCUT2D eigenvalue weighted by Crippen LogP contribution is -2.31. The van der Waals surface area contributed by atoms with E-state index in [9.17, 15) is 22.4 Å². The molecule has 1 saturated carbocycles. The molecule has 0 radical (unpaired) electrons. The number of benzene rings is 1. The molecule has 1 heterocycles. The third-order valence-corrected chi connectivity index (χ3v) is 7.52. The van der Waals surface area contributed by atoms with Gasteiger partial charge in [-0.25, -0.2) is 22.3 Å². The Balaban J connectivity index is 1.54. The zero-order chi connectivity index (χ0) is 25.3. The first-order valence-corrected chi connectivity index (χ1v) is 14.0. The van der Waals surface area contributed by atoms with E-state index in [0.717, 1.165) is 12.8 Å². The molecule has 3 amide bonds. The number of unbranched alkanes of at least 4 members (excludes halogenated alkanes) is 2. The number of urea groups is 1. The molecule has 35 heavy (non-hydrogen) atoms. The number of carbonyl (C=O) groups is 2. The molecule has 1 atom stereocenters. The number of hydrogen-bond acceptors (Lipinski definition) is 6. The van der Waals surface area contributed by atoms with Gasteiger partial charge in [0, 0.05) is 25.8 Å². The molecule has 3 rings (SSSR count). The Hall–Kier alpha value is -2.24. The van der Waals surface area contributed by atoms with Crippen LogP contribution >= 0.6 is 0 Å². The summed E-state index contributed by atoms with van der Waals surface area (Å²) in [6.45, 7) is 3.91. The van der Waals surface area contributed by atoms with Crippen molar-refractivity contribution in [3.63, 3.8) is 0 Å². The molecular weight excluding hydrogens is 477 g/mol. The molecule has 196 valence electrons. The van der Waals surface area contributed by atoms with Gasteiger partial charge in [-0.1, -0.05) is 12.5 Å². The Kier molecular flexibility index (Phi) is 10.3. The van der Waals surface area contributed by atoms with Crippen LogP contribution in [0.15, 0.2) is 18.2 Å². The Labute approximate surface area is 206 Å². The Morgan fingerprint density at radius 1 is 1.20 bits per heavy atom. The first-order valence-electron chi connectivity index (χ1n) is 12.4. The van der Waals surface area contributed by atoms with Crippen LogP contribution in [0.5, 0.6) is 5.75 Å². The van der Waals surface area contributed by atoms with Crippen molar-refractivity contribution in [2.75, 3.05) is 38.7 Å². The van der Waals surface area contributed by atoms with Gasteiger partial charge in [0.05, 0.1) is 12.4 Å². The van der Waals surface area contributed by atoms with Crippen LogP contribution in [0.3, 0.4) is 0 Å². The molecule has 0 unspecified atom stereocenters. The largest absolute Gasteiger partial charge is 0.490 e. The SMILES string of the molecule is CCOCCC[C@@H](NS(=O)(=O)CCCCCN1CC(=O)NC1=O)c1ccc(F)c(OCC2CC2)c1. The average Bonchev–Trinajstić information content (AvgIpc) is 3.58. The molecule has 1 aromatic carbocycles. The minimum Gasteiger partial charge on any atom is -0.490 e. The number of nitrogens with one attached hydrogen (secondary N) is 2. The van der Waals surface area contributed by atoms with Crippen molar-refractivity contribution in [1.29, 1.82) is 0 Å². The van der Waals surface area contributed by atoms with Crippen LogP contribution in [-0.2, 0) is 19.6 Å². The quantitative estimate of drug-likeness (QED) is 0.244. The summed E-state index contributed by atoms with van der Waals surface area (Å²) in [5.41, 5.74) is 0.655. The minimum absolute atomic E-state index is 0.0478. The lowest BCUT2D eigenvalue weighted by Gasteiger charge is -2.20. The van der Waals surface area contributed by atoms with Gasteiger partial charge < -0.3 is 14.4 Å². The lowest BCUT2D eigenvalue weighted by molar-refractivity contribution is -0.118. The molecule has 1 aliphatic carbocycles. The number of sulfonamides is 1. The van der Waals surface area contributed by atoms with Gasteiger partial charge in [0.25, 0.3) is 0 Å². The normalized spacial score (nSPS) is 17.0. The molecule has 0 bridgehead atoms. The first-order chi connectivity index (χ1) is 16.8. The Morgan fingerprint density at radius 2 is 2.00 bits per heavy atom. The predicted octanol–water partition coefficient (Wildman–Crippen LogP) is 3.11. The maximum atomic E-state index is 14.3. The molecule has 0 spiro atoms. The van der Waals surface area contributed by atoms with Gasteiger partial charge in [-0.2, -0.15) is 0 Å². The fourth-order valence-corrected chi connectivity index (χ4v) is 5.27. The fourth-order valence-electron chi connectivity index (χ4n) is 3.88. The second-order valence-electron chi connectivity index (χ2n) is 9.11. The van der Waals surface area contributed by atoms with E-state index in [1.807, 2.05) is 6.92 Å². The molecule has 9 nitrogen and oxygen atoms in total. The monoisotopic (exact) mass is 513 g/mol. The number of carbonyl (C=O) groups excluding carboxylic acids is 2. The highest BCUT2D eigenvalue weighted by Gasteiger charge is 2.26. The van der Waals surface area contributed by atoms with Crippen molar-refractivity contribution < 1.29 is 31.9 Å². The number of ether oxygens (including phenoxy) is 2. The van der Waals surface area contributed by atoms with E-state index in [4.69, 9.17) is 9.47 Å². The second-order valence-corrected chi connectivity index (χ2v) is 11.0. The van der Waals surface area contributed by atoms with Crippen LogP contribution in [0.2, 0.25) is 0 Å². The van der Waals surface area contributed by atoms with Crippen LogP contribution in [0, 0.1) is 11.7 Å². The molecule has 2 N–H and O–H groups in total. The van der Waals surface area contributed by atoms with E-state index >= 15 is 0 Å². The van der Waals surface area contributed by atoms with Gasteiger partial charge in [0.2, 0.25) is 15.9 Å². The van der Waals surface area contributed by atoms with Crippen LogP contribution < -0.4 is 14.8 Å². The smallest absolute Gasteiger partial charge is 0.324 e. The topological polar surface area (TPSA) is 114 Å². The van der Waals surface area contributed by atoms with Crippen molar-refractivity contribution in [2.24, 2.45) is 5.92 Å². The first kappa shape index (κ1) is 27.3. The maximum absolute atomic E-state index is 14.3. The summed E-state index contributed by atoms with van der Waals surface area (Å²) in [7, 11) is -3.60. The summed E-state index contributed by atoms with van der Waals surface area (Å²) in [5.74, 6) is -0.226. The van der Waals surface area contributed by atoms with Gasteiger partial charge in [-0.3, -0.25) is 10.1 Å². The number of nitrogens with zero attached hydrogens (tertiary/aromatic N) is 1. The number of rotatable bonds is 17. The van der Waals surface area contributed by atoms with E-state index in [-0.39, 0.29) is 24.0 Å². The van der Waals surface area contributed by atoms with Crippen molar-refractivity contribution >= 4 is 22.0 Å². The zero-order valence-corrected chi connectivity index (χ0v) is 21.1. The Bertz CT molecular complexity index is 970. The van der Waals surface area contributed by atoms with E-state index in [1.165, 1.54) is 11.0 Å². The predicted molar refractivity (Wildman–Crippen MR) is 129 cm³/mol. The van der Waals surface area contributed by atoms with Gasteiger partial charge in [0.1, 0.15) is 6.54 Å². The molecule has 2 fully saturated rings. The molecule has 1 aliphatic heterocycles. The minimum atomic E-state index is -3.60. The van der Waals surface area contributed by atoms with Gasteiger partial charge in [-0.05, 0) is 69.1 Å². The van der Waals surface area contributed by atoms with Gasteiger partial charge in [0.15, 0.2) is 11.6 Å². The van der Waals surface area contributed by atoms with E-state index in [1.54, 1.807) is 12.1 Å². The highest BCUT2D eigenvalue weighted by Crippen LogP contribution is 2.31. The summed E-state index contributed by atoms with van der Waals surface area (Å²) < 4.78 is 53.7. The average molecular weight is 514 g/mol. The molecule has 1 saturated heterocycles. The molecular formula is C24H36FN3O6S. The van der Waals surface area contributed by atoms with E-state index < -0.39 is 27.9 Å². The standard InChI is InChI=1S/C24H36FN3O6S/c1-2-33-13-6-7-21(19-10-11-20(25)22(15-19)34-17-18-8-9-18)27-35(31,32)14-5-3-4-12-28-16-23(29)26-24(28)30/h10-11,15,18,21,27H,2-9,12-14,16-17H2,1H3,(H,26,29,30)/t21-/m1/s1. The molecule has 0 aromatic heterocycles. The summed E-state index contributed by atoms with van der Waals surface area (Å²) >= 11 is 0. The van der Waals surface area contributed by atoms with Crippen LogP contribution in [0.4, 0.5) is 9.18 Å². The highest BCUT2D eigenvalue weighted by atomic mass is 32.2. The number of hydrogen-bond donors (Lipinski definition) is 2. The summed E-state index contributed by atoms with van der Waals surface area (Å²) in [6.07, 6.45) is 4.95. The summed E-state index contributed by atoms with van der Waals surface area (Å²) in [4.78, 5) is 24.2. The lowest BCUT2D eigenvalue weighted by atomic mass is 10.0. The molecule has 1 aromatic rings. The van der Waals surface area contributed by atoms with Crippen molar-refractivity contribution in [2.45, 2.75) is 57.9 Å². The molecule has 2 aliphatic rings. The highest BCUT2D eigenvalue weighted by molar-refractivity contribution is 7.89. The van der Waals surface area contributed by atoms with Crippen molar-refractivity contribution in [1.82, 2.24) is 14.9 Å². The number of imide groups is 1. The van der Waals surface area contributed by atoms with Crippen molar-refractivity contribution in [3.05, 3.63) is 29.6 Å². The van der Waals surface area contributed by atoms with Gasteiger partial charge >= 0.3 is 6.03 Å². The summed E-state index contributed by atoms with van der Waals surface area (Å²) in [5, 5.41) is 2.22. The van der Waals surface area contributed by atoms with Crippen LogP contribution in [0.1, 0.15) is 63.5 Å². The fraction of sp³-hybridized carbons (Fsp3) is 0.667. The number of amides is 3. The van der Waals surface area contributed by atoms with Crippen molar-refractivity contribution in [3.8, 4) is 5.75 Å². The number of halogens is 1. The Morgan fingerprint density at radius 3 is 2.69 bits per heavy atom. The van der Waals surface area contributed by atoms with E-state index in [2.05, 4.69) is 10.0 Å². The van der Waals surface area contributed by atoms with E-state index in [0.29, 0.717) is 70.0 Å². The third kappa shape index (κ3) is 9.38. The second kappa shape index (κ2) is 13.2. The van der Waals surface area contributed by atoms with Gasteiger partial charge in [-0.15, -0.1) is 0 Å². The maximum Gasteiger partial charge on any atom is 0.324 e. The molecule has 11 heteroatoms. The third-order valence-electron chi connectivity index (χ3n) is 6.05. The van der Waals surface area contributed by atoms with Crippen LogP contribution in [0.25, 0.3) is 0 Å². The summed E-state index contributed by atoms with van der Waals surface area (Å²) in [6, 6.07) is 3.58. The van der Waals surface area contributed by atoms with Crippen LogP contribution in [-0.4, -0.2) is 63.9 Å². The zero-order valence-electron chi connectivity index (χ0n) is 20.3.